The van der Waals surface area contributed by atoms with Gasteiger partial charge in [-0.2, -0.15) is 0 Å². The van der Waals surface area contributed by atoms with Gasteiger partial charge in [0.1, 0.15) is 0 Å². The summed E-state index contributed by atoms with van der Waals surface area (Å²) in [5, 5.41) is 3.30. The van der Waals surface area contributed by atoms with Gasteiger partial charge in [0, 0.05) is 31.7 Å². The number of nitrogens with zero attached hydrogens (tertiary/aromatic N) is 2. The van der Waals surface area contributed by atoms with Crippen LogP contribution in [-0.4, -0.2) is 19.1 Å². The van der Waals surface area contributed by atoms with Gasteiger partial charge in [-0.1, -0.05) is 6.07 Å². The van der Waals surface area contributed by atoms with Crippen molar-refractivity contribution in [2.45, 2.75) is 0 Å². The summed E-state index contributed by atoms with van der Waals surface area (Å²) in [7, 11) is 4.02. The summed E-state index contributed by atoms with van der Waals surface area (Å²) < 4.78 is 0.845. The molecule has 1 heterocycles. The molecule has 5 heteroatoms. The van der Waals surface area contributed by atoms with Gasteiger partial charge in [0.25, 0.3) is 0 Å². The van der Waals surface area contributed by atoms with E-state index in [1.165, 1.54) is 0 Å². The van der Waals surface area contributed by atoms with Crippen LogP contribution in [0.5, 0.6) is 0 Å². The van der Waals surface area contributed by atoms with Crippen molar-refractivity contribution in [3.63, 3.8) is 0 Å². The van der Waals surface area contributed by atoms with E-state index in [1.807, 2.05) is 26.2 Å². The summed E-state index contributed by atoms with van der Waals surface area (Å²) in [5.74, 6) is 0. The van der Waals surface area contributed by atoms with E-state index in [0.717, 1.165) is 21.5 Å². The summed E-state index contributed by atoms with van der Waals surface area (Å²) >= 11 is 3.44. The molecule has 3 N–H and O–H groups in total. The Morgan fingerprint density at radius 3 is 2.72 bits per heavy atom. The van der Waals surface area contributed by atoms with Crippen molar-refractivity contribution in [1.29, 1.82) is 0 Å². The number of aromatic nitrogens is 1. The van der Waals surface area contributed by atoms with Gasteiger partial charge in [0.05, 0.1) is 22.0 Å². The molecule has 0 amide bonds. The van der Waals surface area contributed by atoms with Gasteiger partial charge in [0.15, 0.2) is 0 Å². The highest BCUT2D eigenvalue weighted by Gasteiger charge is 2.05. The van der Waals surface area contributed by atoms with Crippen molar-refractivity contribution >= 4 is 38.7 Å². The molecule has 0 aliphatic rings. The number of hydrogen-bond acceptors (Lipinski definition) is 4. The van der Waals surface area contributed by atoms with E-state index >= 15 is 0 Å². The summed E-state index contributed by atoms with van der Waals surface area (Å²) in [5.41, 5.74) is 9.46. The molecule has 0 saturated carbocycles. The Morgan fingerprint density at radius 2 is 2.06 bits per heavy atom. The minimum absolute atomic E-state index is 0.611. The molecule has 0 bridgehead atoms. The van der Waals surface area contributed by atoms with E-state index in [4.69, 9.17) is 5.73 Å². The van der Waals surface area contributed by atoms with E-state index in [0.29, 0.717) is 5.69 Å². The Labute approximate surface area is 115 Å². The summed E-state index contributed by atoms with van der Waals surface area (Å²) in [6.07, 6.45) is 3.34. The third-order valence-electron chi connectivity index (χ3n) is 2.56. The highest BCUT2D eigenvalue weighted by molar-refractivity contribution is 9.10. The number of anilines is 4. The molecule has 0 aliphatic heterocycles. The van der Waals surface area contributed by atoms with Gasteiger partial charge in [0.2, 0.25) is 0 Å². The Morgan fingerprint density at radius 1 is 1.28 bits per heavy atom. The highest BCUT2D eigenvalue weighted by Crippen LogP contribution is 2.31. The predicted molar refractivity (Wildman–Crippen MR) is 80.4 cm³/mol. The van der Waals surface area contributed by atoms with E-state index in [-0.39, 0.29) is 0 Å². The first-order valence-corrected chi connectivity index (χ1v) is 6.30. The zero-order valence-electron chi connectivity index (χ0n) is 10.3. The lowest BCUT2D eigenvalue weighted by atomic mass is 10.2. The maximum atomic E-state index is 5.90. The molecule has 0 unspecified atom stereocenters. The van der Waals surface area contributed by atoms with Crippen molar-refractivity contribution in [2.75, 3.05) is 30.0 Å². The van der Waals surface area contributed by atoms with Crippen molar-refractivity contribution in [3.05, 3.63) is 41.1 Å². The molecule has 0 saturated heterocycles. The maximum Gasteiger partial charge on any atom is 0.0794 e. The van der Waals surface area contributed by atoms with Crippen LogP contribution in [0, 0.1) is 0 Å². The molecule has 2 rings (SSSR count). The molecule has 4 nitrogen and oxygen atoms in total. The van der Waals surface area contributed by atoms with E-state index in [9.17, 15) is 0 Å². The van der Waals surface area contributed by atoms with Crippen molar-refractivity contribution in [3.8, 4) is 0 Å². The molecular weight excluding hydrogens is 292 g/mol. The smallest absolute Gasteiger partial charge is 0.0794 e. The number of benzene rings is 1. The molecule has 0 atom stereocenters. The number of pyridine rings is 1. The lowest BCUT2D eigenvalue weighted by molar-refractivity contribution is 1.13. The van der Waals surface area contributed by atoms with Crippen LogP contribution >= 0.6 is 15.9 Å². The fraction of sp³-hybridized carbons (Fsp3) is 0.154. The van der Waals surface area contributed by atoms with Crippen LogP contribution in [0.1, 0.15) is 0 Å². The van der Waals surface area contributed by atoms with Crippen molar-refractivity contribution in [2.24, 2.45) is 0 Å². The van der Waals surface area contributed by atoms with Gasteiger partial charge in [-0.15, -0.1) is 0 Å². The third-order valence-corrected chi connectivity index (χ3v) is 3.16. The van der Waals surface area contributed by atoms with Gasteiger partial charge < -0.3 is 16.0 Å². The van der Waals surface area contributed by atoms with Crippen LogP contribution < -0.4 is 16.0 Å². The second-order valence-corrected chi connectivity index (χ2v) is 5.01. The monoisotopic (exact) mass is 306 g/mol. The van der Waals surface area contributed by atoms with Gasteiger partial charge >= 0.3 is 0 Å². The number of nitrogens with two attached hydrogens (primary N) is 1. The lowest BCUT2D eigenvalue weighted by Gasteiger charge is -2.15. The number of halogens is 1. The molecule has 1 aromatic heterocycles. The van der Waals surface area contributed by atoms with Crippen LogP contribution in [0.2, 0.25) is 0 Å². The van der Waals surface area contributed by atoms with Crippen LogP contribution in [0.4, 0.5) is 22.7 Å². The minimum Gasteiger partial charge on any atom is -0.396 e. The first-order valence-electron chi connectivity index (χ1n) is 5.51. The second-order valence-electron chi connectivity index (χ2n) is 4.16. The number of rotatable bonds is 3. The van der Waals surface area contributed by atoms with Crippen molar-refractivity contribution in [1.82, 2.24) is 4.98 Å². The van der Waals surface area contributed by atoms with E-state index in [2.05, 4.69) is 43.3 Å². The quantitative estimate of drug-likeness (QED) is 0.914. The predicted octanol–water partition coefficient (Wildman–Crippen LogP) is 3.24. The SMILES string of the molecule is CN(C)c1cccc(Nc2c(N)cncc2Br)c1. The molecule has 0 fully saturated rings. The van der Waals surface area contributed by atoms with E-state index < -0.39 is 0 Å². The Bertz CT molecular complexity index is 534. The zero-order chi connectivity index (χ0) is 13.1. The molecule has 94 valence electrons. The summed E-state index contributed by atoms with van der Waals surface area (Å²) in [6, 6.07) is 8.12. The molecular formula is C13H15BrN4. The fourth-order valence-electron chi connectivity index (χ4n) is 1.59. The molecule has 2 aromatic rings. The number of nitrogen functional groups attached to an aromatic ring is 1. The first-order chi connectivity index (χ1) is 8.58. The molecule has 1 aromatic carbocycles. The van der Waals surface area contributed by atoms with Gasteiger partial charge in [-0.25, -0.2) is 0 Å². The van der Waals surface area contributed by atoms with Crippen LogP contribution in [-0.2, 0) is 0 Å². The molecule has 0 spiro atoms. The van der Waals surface area contributed by atoms with Gasteiger partial charge in [-0.05, 0) is 34.1 Å². The average molecular weight is 307 g/mol. The lowest BCUT2D eigenvalue weighted by Crippen LogP contribution is -2.08. The van der Waals surface area contributed by atoms with Crippen LogP contribution in [0.3, 0.4) is 0 Å². The summed E-state index contributed by atoms with van der Waals surface area (Å²) in [4.78, 5) is 6.06. The molecule has 0 radical (unpaired) electrons. The Balaban J connectivity index is 2.31. The largest absolute Gasteiger partial charge is 0.396 e. The third kappa shape index (κ3) is 2.73. The van der Waals surface area contributed by atoms with Crippen LogP contribution in [0.15, 0.2) is 41.1 Å². The minimum atomic E-state index is 0.611. The van der Waals surface area contributed by atoms with Gasteiger partial charge in [-0.3, -0.25) is 4.98 Å². The zero-order valence-corrected chi connectivity index (χ0v) is 11.9. The standard InChI is InChI=1S/C13H15BrN4/c1-18(2)10-5-3-4-9(6-10)17-13-11(14)7-16-8-12(13)15/h3-8H,15H2,1-2H3,(H,16,17). The average Bonchev–Trinajstić information content (AvgIpc) is 2.34. The molecule has 0 aliphatic carbocycles. The van der Waals surface area contributed by atoms with Crippen LogP contribution in [0.25, 0.3) is 0 Å². The highest BCUT2D eigenvalue weighted by atomic mass is 79.9. The van der Waals surface area contributed by atoms with Crippen molar-refractivity contribution < 1.29 is 0 Å². The number of hydrogen-bond donors (Lipinski definition) is 2. The van der Waals surface area contributed by atoms with E-state index in [1.54, 1.807) is 12.4 Å². The number of nitrogens with one attached hydrogen (secondary N) is 1. The Kier molecular flexibility index (Phi) is 3.72. The maximum absolute atomic E-state index is 5.90. The second kappa shape index (κ2) is 5.27. The first kappa shape index (κ1) is 12.7. The topological polar surface area (TPSA) is 54.2 Å². The summed E-state index contributed by atoms with van der Waals surface area (Å²) in [6.45, 7) is 0. The Hall–Kier alpha value is -1.75. The molecule has 18 heavy (non-hydrogen) atoms. The normalized spacial score (nSPS) is 10.2. The fourth-order valence-corrected chi connectivity index (χ4v) is 2.03.